The van der Waals surface area contributed by atoms with Crippen molar-refractivity contribution in [2.75, 3.05) is 28.6 Å². The van der Waals surface area contributed by atoms with Crippen molar-refractivity contribution in [1.29, 1.82) is 0 Å². The average Bonchev–Trinajstić information content (AvgIpc) is 3.35. The third-order valence-electron chi connectivity index (χ3n) is 5.76. The molecule has 170 valence electrons. The maximum absolute atomic E-state index is 12.9. The molecule has 1 atom stereocenters. The first-order valence-corrected chi connectivity index (χ1v) is 12.5. The number of carbonyl (C=O) groups excluding carboxylic acids is 2. The van der Waals surface area contributed by atoms with E-state index in [2.05, 4.69) is 9.71 Å². The molecule has 2 aromatic carbocycles. The van der Waals surface area contributed by atoms with Crippen molar-refractivity contribution in [1.82, 2.24) is 4.98 Å². The molecule has 1 N–H and O–H groups in total. The minimum Gasteiger partial charge on any atom is -0.479 e. The summed E-state index contributed by atoms with van der Waals surface area (Å²) in [5, 5.41) is 1.95. The second-order valence-corrected chi connectivity index (χ2v) is 10.4. The monoisotopic (exact) mass is 484 g/mol. The van der Waals surface area contributed by atoms with Crippen LogP contribution >= 0.6 is 11.3 Å². The van der Waals surface area contributed by atoms with E-state index in [1.54, 1.807) is 49.5 Å². The summed E-state index contributed by atoms with van der Waals surface area (Å²) in [6.07, 6.45) is -0.375. The number of likely N-dealkylation sites (N-methyl/N-ethyl adjacent to an activating group) is 2. The molecule has 11 heteroatoms. The Bertz CT molecular complexity index is 1420. The zero-order valence-corrected chi connectivity index (χ0v) is 19.7. The number of fused-ring (bicyclic) bond motifs is 2. The van der Waals surface area contributed by atoms with E-state index in [1.807, 2.05) is 6.07 Å². The van der Waals surface area contributed by atoms with Gasteiger partial charge in [-0.15, -0.1) is 11.3 Å². The molecule has 33 heavy (non-hydrogen) atoms. The zero-order valence-electron chi connectivity index (χ0n) is 18.0. The summed E-state index contributed by atoms with van der Waals surface area (Å²) in [4.78, 5) is 31.7. The van der Waals surface area contributed by atoms with Crippen LogP contribution in [0.4, 0.5) is 16.5 Å². The van der Waals surface area contributed by atoms with Gasteiger partial charge in [0.2, 0.25) is 5.91 Å². The first-order valence-electron chi connectivity index (χ1n) is 10.1. The van der Waals surface area contributed by atoms with E-state index in [0.717, 1.165) is 16.9 Å². The Balaban J connectivity index is 1.39. The van der Waals surface area contributed by atoms with Gasteiger partial charge in [-0.1, -0.05) is 0 Å². The van der Waals surface area contributed by atoms with Crippen LogP contribution in [0.3, 0.4) is 0 Å². The Morgan fingerprint density at radius 1 is 1.09 bits per heavy atom. The molecule has 0 aliphatic carbocycles. The summed E-state index contributed by atoms with van der Waals surface area (Å²) in [6, 6.07) is 10.0. The summed E-state index contributed by atoms with van der Waals surface area (Å²) < 4.78 is 34.0. The lowest BCUT2D eigenvalue weighted by molar-refractivity contribution is -0.125. The molecule has 5 rings (SSSR count). The minimum atomic E-state index is -3.88. The van der Waals surface area contributed by atoms with Crippen molar-refractivity contribution in [2.24, 2.45) is 0 Å². The van der Waals surface area contributed by atoms with Crippen LogP contribution in [0.15, 0.2) is 46.7 Å². The first kappa shape index (κ1) is 21.4. The molecular formula is C22H20N4O5S2. The fourth-order valence-corrected chi connectivity index (χ4v) is 5.93. The molecule has 2 aliphatic heterocycles. The number of rotatable bonds is 4. The lowest BCUT2D eigenvalue weighted by Gasteiger charge is -2.30. The maximum Gasteiger partial charge on any atom is 0.267 e. The van der Waals surface area contributed by atoms with Gasteiger partial charge in [-0.05, 0) is 48.9 Å². The number of benzene rings is 2. The van der Waals surface area contributed by atoms with Crippen LogP contribution in [-0.2, 0) is 26.0 Å². The molecule has 9 nitrogen and oxygen atoms in total. The smallest absolute Gasteiger partial charge is 0.267 e. The molecule has 2 amide bonds. The number of hydrogen-bond acceptors (Lipinski definition) is 7. The van der Waals surface area contributed by atoms with Gasteiger partial charge in [-0.2, -0.15) is 0 Å². The highest BCUT2D eigenvalue weighted by atomic mass is 32.2. The molecular weight excluding hydrogens is 464 g/mol. The molecule has 0 saturated heterocycles. The summed E-state index contributed by atoms with van der Waals surface area (Å²) in [5.74, 6) is 0.383. The predicted octanol–water partition coefficient (Wildman–Crippen LogP) is 2.87. The SMILES string of the molecule is CC1Oc2ccc(-c3csc(NS(=O)(=O)c4ccc5c(c4)CC(=O)N5C)n3)cc2N(C)C1=O. The number of nitrogens with zero attached hydrogens (tertiary/aromatic N) is 3. The Morgan fingerprint density at radius 3 is 2.67 bits per heavy atom. The largest absolute Gasteiger partial charge is 0.479 e. The number of amides is 2. The van der Waals surface area contributed by atoms with Crippen LogP contribution in [-0.4, -0.2) is 45.4 Å². The number of anilines is 3. The van der Waals surface area contributed by atoms with Crippen molar-refractivity contribution in [3.63, 3.8) is 0 Å². The van der Waals surface area contributed by atoms with E-state index in [1.165, 1.54) is 17.0 Å². The van der Waals surface area contributed by atoms with Crippen LogP contribution < -0.4 is 19.3 Å². The number of thiazole rings is 1. The van der Waals surface area contributed by atoms with Gasteiger partial charge < -0.3 is 14.5 Å². The number of nitrogens with one attached hydrogen (secondary N) is 1. The van der Waals surface area contributed by atoms with Gasteiger partial charge in [0, 0.05) is 30.7 Å². The molecule has 3 aromatic rings. The van der Waals surface area contributed by atoms with Crippen LogP contribution in [0.5, 0.6) is 5.75 Å². The molecule has 1 unspecified atom stereocenters. The normalized spacial score (nSPS) is 17.6. The van der Waals surface area contributed by atoms with Crippen molar-refractivity contribution in [3.8, 4) is 17.0 Å². The second kappa shape index (κ2) is 7.56. The standard InChI is InChI=1S/C22H20N4O5S2/c1-12-21(28)26(3)18-9-13(4-7-19(18)31-12)16-11-32-22(23-16)24-33(29,30)15-5-6-17-14(8-15)10-20(27)25(17)2/h4-9,11-12H,10H2,1-3H3,(H,23,24). The van der Waals surface area contributed by atoms with E-state index in [0.29, 0.717) is 28.4 Å². The number of aromatic nitrogens is 1. The summed E-state index contributed by atoms with van der Waals surface area (Å²) in [5.41, 5.74) is 3.32. The quantitative estimate of drug-likeness (QED) is 0.610. The van der Waals surface area contributed by atoms with Crippen LogP contribution in [0.25, 0.3) is 11.3 Å². The van der Waals surface area contributed by atoms with Gasteiger partial charge in [-0.25, -0.2) is 13.4 Å². The highest BCUT2D eigenvalue weighted by molar-refractivity contribution is 7.93. The van der Waals surface area contributed by atoms with Crippen molar-refractivity contribution in [3.05, 3.63) is 47.3 Å². The van der Waals surface area contributed by atoms with Crippen molar-refractivity contribution < 1.29 is 22.7 Å². The van der Waals surface area contributed by atoms with Gasteiger partial charge in [-0.3, -0.25) is 14.3 Å². The first-order chi connectivity index (χ1) is 15.6. The van der Waals surface area contributed by atoms with E-state index < -0.39 is 16.1 Å². The number of sulfonamides is 1. The fraction of sp³-hybridized carbons (Fsp3) is 0.227. The molecule has 1 aromatic heterocycles. The van der Waals surface area contributed by atoms with E-state index in [4.69, 9.17) is 4.74 Å². The Morgan fingerprint density at radius 2 is 1.88 bits per heavy atom. The Labute approximate surface area is 194 Å². The van der Waals surface area contributed by atoms with Gasteiger partial charge in [0.1, 0.15) is 5.75 Å². The van der Waals surface area contributed by atoms with Gasteiger partial charge in [0.25, 0.3) is 15.9 Å². The lowest BCUT2D eigenvalue weighted by atomic mass is 10.1. The molecule has 0 fully saturated rings. The second-order valence-electron chi connectivity index (χ2n) is 7.90. The number of ether oxygens (including phenoxy) is 1. The third-order valence-corrected chi connectivity index (χ3v) is 7.99. The van der Waals surface area contributed by atoms with E-state index >= 15 is 0 Å². The molecule has 0 radical (unpaired) electrons. The van der Waals surface area contributed by atoms with Gasteiger partial charge >= 0.3 is 0 Å². The average molecular weight is 485 g/mol. The van der Waals surface area contributed by atoms with Gasteiger partial charge in [0.05, 0.1) is 22.7 Å². The summed E-state index contributed by atoms with van der Waals surface area (Å²) in [6.45, 7) is 1.70. The fourth-order valence-electron chi connectivity index (χ4n) is 3.91. The maximum atomic E-state index is 12.9. The lowest BCUT2D eigenvalue weighted by Crippen LogP contribution is -2.41. The van der Waals surface area contributed by atoms with E-state index in [9.17, 15) is 18.0 Å². The van der Waals surface area contributed by atoms with Crippen LogP contribution in [0.2, 0.25) is 0 Å². The molecule has 0 spiro atoms. The topological polar surface area (TPSA) is 109 Å². The summed E-state index contributed by atoms with van der Waals surface area (Å²) in [7, 11) is -0.528. The van der Waals surface area contributed by atoms with Crippen molar-refractivity contribution in [2.45, 2.75) is 24.3 Å². The highest BCUT2D eigenvalue weighted by Gasteiger charge is 2.30. The van der Waals surface area contributed by atoms with Crippen LogP contribution in [0.1, 0.15) is 12.5 Å². The zero-order chi connectivity index (χ0) is 23.5. The highest BCUT2D eigenvalue weighted by Crippen LogP contribution is 2.38. The summed E-state index contributed by atoms with van der Waals surface area (Å²) >= 11 is 1.16. The third kappa shape index (κ3) is 3.62. The molecule has 0 bridgehead atoms. The number of carbonyl (C=O) groups is 2. The van der Waals surface area contributed by atoms with E-state index in [-0.39, 0.29) is 28.3 Å². The van der Waals surface area contributed by atoms with Crippen LogP contribution in [0, 0.1) is 0 Å². The minimum absolute atomic E-state index is 0.0706. The predicted molar refractivity (Wildman–Crippen MR) is 125 cm³/mol. The molecule has 0 saturated carbocycles. The number of hydrogen-bond donors (Lipinski definition) is 1. The molecule has 3 heterocycles. The Hall–Kier alpha value is -3.44. The van der Waals surface area contributed by atoms with Gasteiger partial charge in [0.15, 0.2) is 11.2 Å². The Kier molecular flexibility index (Phi) is 4.91. The van der Waals surface area contributed by atoms with Crippen molar-refractivity contribution >= 4 is 49.7 Å². The molecule has 2 aliphatic rings.